The number of piperidine rings is 1. The summed E-state index contributed by atoms with van der Waals surface area (Å²) < 4.78 is 0. The second kappa shape index (κ2) is 7.62. The van der Waals surface area contributed by atoms with E-state index < -0.39 is 0 Å². The summed E-state index contributed by atoms with van der Waals surface area (Å²) in [6.07, 6.45) is 11.2. The van der Waals surface area contributed by atoms with Crippen LogP contribution in [0.4, 0.5) is 0 Å². The van der Waals surface area contributed by atoms with E-state index in [0.29, 0.717) is 36.0 Å². The molecule has 4 N–H and O–H groups in total. The van der Waals surface area contributed by atoms with Crippen LogP contribution in [-0.4, -0.2) is 36.9 Å². The molecule has 1 amide bonds. The summed E-state index contributed by atoms with van der Waals surface area (Å²) in [4.78, 5) is 18.7. The van der Waals surface area contributed by atoms with Crippen molar-refractivity contribution in [2.45, 2.75) is 89.2 Å². The summed E-state index contributed by atoms with van der Waals surface area (Å²) in [6, 6.07) is 0.886. The van der Waals surface area contributed by atoms with Crippen molar-refractivity contribution < 1.29 is 9.63 Å². The van der Waals surface area contributed by atoms with Gasteiger partial charge in [-0.1, -0.05) is 0 Å². The fourth-order valence-corrected chi connectivity index (χ4v) is 6.25. The van der Waals surface area contributed by atoms with Crippen LogP contribution in [0.15, 0.2) is 0 Å². The van der Waals surface area contributed by atoms with Gasteiger partial charge in [0.2, 0.25) is 5.91 Å². The van der Waals surface area contributed by atoms with Gasteiger partial charge in [0.15, 0.2) is 0 Å². The number of rotatable bonds is 4. The molecule has 0 aromatic rings. The van der Waals surface area contributed by atoms with Crippen molar-refractivity contribution in [1.29, 1.82) is 0 Å². The molecule has 5 fully saturated rings. The summed E-state index contributed by atoms with van der Waals surface area (Å²) in [6.45, 7) is 3.24. The first-order valence-corrected chi connectivity index (χ1v) is 11.4. The molecule has 2 heterocycles. The van der Waals surface area contributed by atoms with E-state index in [1.807, 2.05) is 0 Å². The van der Waals surface area contributed by atoms with Gasteiger partial charge in [0.25, 0.3) is 0 Å². The van der Waals surface area contributed by atoms with Gasteiger partial charge in [-0.15, -0.1) is 0 Å². The summed E-state index contributed by atoms with van der Waals surface area (Å²) >= 11 is 0. The third-order valence-corrected chi connectivity index (χ3v) is 7.94. The van der Waals surface area contributed by atoms with E-state index in [4.69, 9.17) is 4.84 Å². The Morgan fingerprint density at radius 2 is 1.78 bits per heavy atom. The van der Waals surface area contributed by atoms with E-state index in [1.165, 1.54) is 38.5 Å². The zero-order chi connectivity index (χ0) is 18.4. The fourth-order valence-electron chi connectivity index (χ4n) is 6.25. The highest BCUT2D eigenvalue weighted by Gasteiger charge is 2.47. The summed E-state index contributed by atoms with van der Waals surface area (Å²) in [7, 11) is 0. The smallest absolute Gasteiger partial charge is 0.223 e. The average Bonchev–Trinajstić information content (AvgIpc) is 3.24. The van der Waals surface area contributed by atoms with Crippen LogP contribution in [0, 0.1) is 29.6 Å². The fraction of sp³-hybridized carbons (Fsp3) is 0.952. The highest BCUT2D eigenvalue weighted by Crippen LogP contribution is 2.48. The minimum absolute atomic E-state index is 0.224. The molecule has 7 unspecified atom stereocenters. The lowest BCUT2D eigenvalue weighted by molar-refractivity contribution is -0.127. The van der Waals surface area contributed by atoms with E-state index >= 15 is 0 Å². The molecule has 0 radical (unpaired) electrons. The number of amides is 1. The van der Waals surface area contributed by atoms with Gasteiger partial charge in [0.1, 0.15) is 6.23 Å². The van der Waals surface area contributed by atoms with Crippen LogP contribution < -0.4 is 21.4 Å². The molecular formula is C21H36N4O2. The molecule has 0 bridgehead atoms. The zero-order valence-corrected chi connectivity index (χ0v) is 16.6. The minimum Gasteiger partial charge on any atom is -0.353 e. The highest BCUT2D eigenvalue weighted by molar-refractivity contribution is 5.79. The summed E-state index contributed by atoms with van der Waals surface area (Å²) in [5.74, 6) is 3.27. The number of carbonyl (C=O) groups excluding carboxylic acids is 1. The Hall–Kier alpha value is -0.690. The molecule has 3 aliphatic carbocycles. The van der Waals surface area contributed by atoms with Gasteiger partial charge in [0.05, 0.1) is 6.17 Å². The molecule has 0 spiro atoms. The third-order valence-electron chi connectivity index (χ3n) is 7.94. The molecule has 6 nitrogen and oxygen atoms in total. The lowest BCUT2D eigenvalue weighted by atomic mass is 9.72. The number of fused-ring (bicyclic) bond motifs is 1. The van der Waals surface area contributed by atoms with E-state index in [0.717, 1.165) is 37.6 Å². The van der Waals surface area contributed by atoms with E-state index in [1.54, 1.807) is 0 Å². The number of hydrogen-bond donors (Lipinski definition) is 4. The van der Waals surface area contributed by atoms with Crippen molar-refractivity contribution in [3.05, 3.63) is 0 Å². The van der Waals surface area contributed by atoms with E-state index in [-0.39, 0.29) is 12.1 Å². The van der Waals surface area contributed by atoms with Gasteiger partial charge in [0, 0.05) is 23.9 Å². The molecular weight excluding hydrogens is 340 g/mol. The van der Waals surface area contributed by atoms with Crippen molar-refractivity contribution in [2.24, 2.45) is 29.6 Å². The second-order valence-electron chi connectivity index (χ2n) is 9.90. The van der Waals surface area contributed by atoms with Gasteiger partial charge >= 0.3 is 0 Å². The Morgan fingerprint density at radius 3 is 2.59 bits per heavy atom. The molecule has 2 saturated heterocycles. The maximum Gasteiger partial charge on any atom is 0.223 e. The molecule has 2 aliphatic heterocycles. The Labute approximate surface area is 162 Å². The number of hydrogen-bond acceptors (Lipinski definition) is 5. The average molecular weight is 377 g/mol. The molecule has 8 atom stereocenters. The van der Waals surface area contributed by atoms with Crippen LogP contribution in [0.1, 0.15) is 64.7 Å². The summed E-state index contributed by atoms with van der Waals surface area (Å²) in [5, 5.41) is 10.5. The lowest BCUT2D eigenvalue weighted by Gasteiger charge is -2.37. The van der Waals surface area contributed by atoms with E-state index in [9.17, 15) is 4.79 Å². The SMILES string of the molecule is CC1CC(NC(=O)[C@H]2CCC3CC(C4NOC(C5CC5)N4)CCC32)CCN1. The highest BCUT2D eigenvalue weighted by atomic mass is 16.7. The molecule has 152 valence electrons. The van der Waals surface area contributed by atoms with Gasteiger partial charge in [-0.25, -0.2) is 0 Å². The van der Waals surface area contributed by atoms with Crippen LogP contribution in [0.25, 0.3) is 0 Å². The monoisotopic (exact) mass is 376 g/mol. The largest absolute Gasteiger partial charge is 0.353 e. The van der Waals surface area contributed by atoms with Crippen molar-refractivity contribution >= 4 is 5.91 Å². The lowest BCUT2D eigenvalue weighted by Crippen LogP contribution is -2.49. The molecule has 6 heteroatoms. The Morgan fingerprint density at radius 1 is 0.963 bits per heavy atom. The number of carbonyl (C=O) groups is 1. The van der Waals surface area contributed by atoms with Crippen LogP contribution in [0.2, 0.25) is 0 Å². The van der Waals surface area contributed by atoms with Gasteiger partial charge < -0.3 is 10.6 Å². The standard InChI is InChI=1S/C21H36N4O2/c1-12-10-16(8-9-22-12)23-20(26)18-7-4-14-11-15(5-6-17(14)18)19-24-21(27-25-19)13-2-3-13/h12-19,21-22,24-25H,2-11H2,1H3,(H,23,26)/t12?,14?,15?,16?,17?,18-,19?,21?/m0/s1. The first kappa shape index (κ1) is 18.3. The minimum atomic E-state index is 0.224. The van der Waals surface area contributed by atoms with Gasteiger partial charge in [-0.2, -0.15) is 5.48 Å². The van der Waals surface area contributed by atoms with Crippen LogP contribution >= 0.6 is 0 Å². The van der Waals surface area contributed by atoms with Crippen molar-refractivity contribution in [1.82, 2.24) is 21.4 Å². The Kier molecular flexibility index (Phi) is 5.18. The normalized spacial score (nSPS) is 47.6. The first-order chi connectivity index (χ1) is 13.2. The van der Waals surface area contributed by atoms with Crippen molar-refractivity contribution in [2.75, 3.05) is 6.54 Å². The van der Waals surface area contributed by atoms with Gasteiger partial charge in [-0.3, -0.25) is 14.9 Å². The third kappa shape index (κ3) is 3.91. The Bertz CT molecular complexity index is 554. The molecule has 5 rings (SSSR count). The van der Waals surface area contributed by atoms with Crippen LogP contribution in [-0.2, 0) is 9.63 Å². The molecule has 5 aliphatic rings. The number of nitrogens with one attached hydrogen (secondary N) is 4. The quantitative estimate of drug-likeness (QED) is 0.603. The molecule has 3 saturated carbocycles. The predicted molar refractivity (Wildman–Crippen MR) is 103 cm³/mol. The van der Waals surface area contributed by atoms with Gasteiger partial charge in [-0.05, 0) is 89.0 Å². The predicted octanol–water partition coefficient (Wildman–Crippen LogP) is 1.87. The molecule has 27 heavy (non-hydrogen) atoms. The van der Waals surface area contributed by atoms with Crippen LogP contribution in [0.5, 0.6) is 0 Å². The second-order valence-corrected chi connectivity index (χ2v) is 9.90. The van der Waals surface area contributed by atoms with Crippen LogP contribution in [0.3, 0.4) is 0 Å². The topological polar surface area (TPSA) is 74.4 Å². The number of hydroxylamine groups is 1. The summed E-state index contributed by atoms with van der Waals surface area (Å²) in [5.41, 5.74) is 3.27. The first-order valence-electron chi connectivity index (χ1n) is 11.4. The molecule has 0 aromatic carbocycles. The zero-order valence-electron chi connectivity index (χ0n) is 16.6. The molecule has 0 aromatic heterocycles. The van der Waals surface area contributed by atoms with Crippen molar-refractivity contribution in [3.8, 4) is 0 Å². The Balaban J connectivity index is 1.13. The maximum atomic E-state index is 13.0. The van der Waals surface area contributed by atoms with Crippen molar-refractivity contribution in [3.63, 3.8) is 0 Å². The van der Waals surface area contributed by atoms with E-state index in [2.05, 4.69) is 28.4 Å². The maximum absolute atomic E-state index is 13.0.